The zero-order valence-electron chi connectivity index (χ0n) is 21.0. The minimum absolute atomic E-state index is 0.0617. The number of piperazine rings is 1. The number of aromatic nitrogens is 4. The van der Waals surface area contributed by atoms with E-state index in [1.54, 1.807) is 0 Å². The van der Waals surface area contributed by atoms with E-state index in [0.717, 1.165) is 84.4 Å². The Labute approximate surface area is 214 Å². The number of tetrazole rings is 1. The molecule has 1 aromatic heterocycles. The second-order valence-corrected chi connectivity index (χ2v) is 9.53. The lowest BCUT2D eigenvalue weighted by Gasteiger charge is -2.38. The Morgan fingerprint density at radius 2 is 1.53 bits per heavy atom. The van der Waals surface area contributed by atoms with Crippen LogP contribution in [-0.2, 0) is 11.3 Å². The van der Waals surface area contributed by atoms with Gasteiger partial charge in [-0.3, -0.25) is 14.7 Å². The predicted octanol–water partition coefficient (Wildman–Crippen LogP) is 2.82. The summed E-state index contributed by atoms with van der Waals surface area (Å²) in [6, 6.07) is 21.3. The van der Waals surface area contributed by atoms with Crippen molar-refractivity contribution in [2.75, 3.05) is 65.6 Å². The number of benzene rings is 2. The number of hydrogen-bond donors (Lipinski definition) is 0. The Balaban J connectivity index is 1.22. The molecule has 2 aromatic carbocycles. The second kappa shape index (κ2) is 12.9. The third kappa shape index (κ3) is 6.64. The molecule has 5 rings (SSSR count). The Hall–Kier alpha value is -2.91. The van der Waals surface area contributed by atoms with Crippen LogP contribution in [0, 0.1) is 0 Å². The van der Waals surface area contributed by atoms with Crippen LogP contribution in [0.3, 0.4) is 0 Å². The van der Waals surface area contributed by atoms with E-state index >= 15 is 0 Å². The highest BCUT2D eigenvalue weighted by molar-refractivity contribution is 5.48. The van der Waals surface area contributed by atoms with Crippen LogP contribution in [0.4, 0.5) is 0 Å². The zero-order valence-corrected chi connectivity index (χ0v) is 21.0. The van der Waals surface area contributed by atoms with Crippen LogP contribution < -0.4 is 0 Å². The Kier molecular flexibility index (Phi) is 8.86. The van der Waals surface area contributed by atoms with Gasteiger partial charge >= 0.3 is 0 Å². The molecular formula is C28H37N7O. The summed E-state index contributed by atoms with van der Waals surface area (Å²) in [6.07, 6.45) is 5.51. The van der Waals surface area contributed by atoms with Gasteiger partial charge in [0, 0.05) is 58.9 Å². The van der Waals surface area contributed by atoms with Gasteiger partial charge in [-0.05, 0) is 28.0 Å². The smallest absolute Gasteiger partial charge is 0.173 e. The van der Waals surface area contributed by atoms with E-state index in [2.05, 4.69) is 103 Å². The SMILES string of the molecule is C(=C\c1ccccc1)/CN1CCN(C(c2ccccc2)c2nnnn2CCCN2CCOCC2)CC1. The molecule has 0 N–H and O–H groups in total. The van der Waals surface area contributed by atoms with Gasteiger partial charge in [-0.25, -0.2) is 4.68 Å². The van der Waals surface area contributed by atoms with E-state index in [1.165, 1.54) is 11.1 Å². The van der Waals surface area contributed by atoms with Gasteiger partial charge in [0.2, 0.25) is 0 Å². The van der Waals surface area contributed by atoms with Crippen molar-refractivity contribution in [1.29, 1.82) is 0 Å². The van der Waals surface area contributed by atoms with Crippen LogP contribution in [-0.4, -0.2) is 100 Å². The minimum atomic E-state index is 0.0617. The molecule has 2 aliphatic heterocycles. The molecule has 36 heavy (non-hydrogen) atoms. The van der Waals surface area contributed by atoms with Crippen molar-refractivity contribution in [1.82, 2.24) is 34.9 Å². The average molecular weight is 488 g/mol. The molecule has 1 unspecified atom stereocenters. The molecule has 8 heteroatoms. The maximum Gasteiger partial charge on any atom is 0.173 e. The lowest BCUT2D eigenvalue weighted by molar-refractivity contribution is 0.0367. The zero-order chi connectivity index (χ0) is 24.4. The highest BCUT2D eigenvalue weighted by atomic mass is 16.5. The highest BCUT2D eigenvalue weighted by Crippen LogP contribution is 2.28. The summed E-state index contributed by atoms with van der Waals surface area (Å²) in [5, 5.41) is 13.0. The number of rotatable bonds is 10. The molecule has 0 radical (unpaired) electrons. The Morgan fingerprint density at radius 3 is 2.28 bits per heavy atom. The van der Waals surface area contributed by atoms with E-state index < -0.39 is 0 Å². The third-order valence-electron chi connectivity index (χ3n) is 7.11. The maximum absolute atomic E-state index is 5.48. The normalized spacial score (nSPS) is 19.1. The fourth-order valence-electron chi connectivity index (χ4n) is 5.10. The Bertz CT molecular complexity index is 1060. The predicted molar refractivity (Wildman–Crippen MR) is 141 cm³/mol. The molecule has 0 spiro atoms. The van der Waals surface area contributed by atoms with Gasteiger partial charge in [-0.2, -0.15) is 0 Å². The summed E-state index contributed by atoms with van der Waals surface area (Å²) in [5.41, 5.74) is 2.50. The molecule has 190 valence electrons. The standard InChI is InChI=1S/C28H37N7O/c1-3-9-25(10-4-1)11-7-14-32-17-19-34(20-18-32)27(26-12-5-2-6-13-26)28-29-30-31-35(28)16-8-15-33-21-23-36-24-22-33/h1-7,9-13,27H,8,14-24H2/b11-7+. The first kappa shape index (κ1) is 24.8. The molecule has 0 aliphatic carbocycles. The first-order chi connectivity index (χ1) is 17.9. The van der Waals surface area contributed by atoms with Crippen LogP contribution in [0.5, 0.6) is 0 Å². The van der Waals surface area contributed by atoms with Crippen molar-refractivity contribution in [2.45, 2.75) is 19.0 Å². The fraction of sp³-hybridized carbons (Fsp3) is 0.464. The van der Waals surface area contributed by atoms with Gasteiger partial charge in [0.1, 0.15) is 0 Å². The van der Waals surface area contributed by atoms with Crippen molar-refractivity contribution in [3.05, 3.63) is 83.7 Å². The largest absolute Gasteiger partial charge is 0.379 e. The second-order valence-electron chi connectivity index (χ2n) is 9.53. The highest BCUT2D eigenvalue weighted by Gasteiger charge is 2.30. The number of nitrogens with zero attached hydrogens (tertiary/aromatic N) is 7. The van der Waals surface area contributed by atoms with E-state index in [0.29, 0.717) is 0 Å². The van der Waals surface area contributed by atoms with E-state index in [-0.39, 0.29) is 6.04 Å². The molecule has 2 fully saturated rings. The first-order valence-electron chi connectivity index (χ1n) is 13.2. The maximum atomic E-state index is 5.48. The van der Waals surface area contributed by atoms with Crippen molar-refractivity contribution >= 4 is 6.08 Å². The summed E-state index contributed by atoms with van der Waals surface area (Å²) in [7, 11) is 0. The quantitative estimate of drug-likeness (QED) is 0.436. The molecule has 3 heterocycles. The summed E-state index contributed by atoms with van der Waals surface area (Å²) in [4.78, 5) is 7.52. The molecule has 0 saturated carbocycles. The average Bonchev–Trinajstić information content (AvgIpc) is 3.39. The molecule has 8 nitrogen and oxygen atoms in total. The van der Waals surface area contributed by atoms with Gasteiger partial charge in [0.05, 0.1) is 19.3 Å². The lowest BCUT2D eigenvalue weighted by atomic mass is 10.0. The number of aryl methyl sites for hydroxylation is 1. The van der Waals surface area contributed by atoms with Crippen LogP contribution in [0.1, 0.15) is 29.4 Å². The van der Waals surface area contributed by atoms with Crippen LogP contribution >= 0.6 is 0 Å². The van der Waals surface area contributed by atoms with Gasteiger partial charge in [-0.15, -0.1) is 5.10 Å². The van der Waals surface area contributed by atoms with Crippen molar-refractivity contribution < 1.29 is 4.74 Å². The summed E-state index contributed by atoms with van der Waals surface area (Å²) >= 11 is 0. The van der Waals surface area contributed by atoms with E-state index in [4.69, 9.17) is 4.74 Å². The van der Waals surface area contributed by atoms with Crippen molar-refractivity contribution in [2.24, 2.45) is 0 Å². The number of ether oxygens (including phenoxy) is 1. The summed E-state index contributed by atoms with van der Waals surface area (Å²) in [6.45, 7) is 10.6. The molecule has 0 bridgehead atoms. The van der Waals surface area contributed by atoms with Gasteiger partial charge < -0.3 is 4.74 Å². The molecule has 3 aromatic rings. The van der Waals surface area contributed by atoms with Gasteiger partial charge in [0.25, 0.3) is 0 Å². The minimum Gasteiger partial charge on any atom is -0.379 e. The first-order valence-corrected chi connectivity index (χ1v) is 13.2. The van der Waals surface area contributed by atoms with Gasteiger partial charge in [-0.1, -0.05) is 72.8 Å². The lowest BCUT2D eigenvalue weighted by Crippen LogP contribution is -2.48. The Morgan fingerprint density at radius 1 is 0.806 bits per heavy atom. The monoisotopic (exact) mass is 487 g/mol. The topological polar surface area (TPSA) is 62.6 Å². The van der Waals surface area contributed by atoms with E-state index in [1.807, 2.05) is 4.68 Å². The third-order valence-corrected chi connectivity index (χ3v) is 7.11. The summed E-state index contributed by atoms with van der Waals surface area (Å²) < 4.78 is 7.50. The molecular weight excluding hydrogens is 450 g/mol. The molecule has 2 aliphatic rings. The molecule has 1 atom stereocenters. The molecule has 2 saturated heterocycles. The van der Waals surface area contributed by atoms with Crippen molar-refractivity contribution in [3.63, 3.8) is 0 Å². The van der Waals surface area contributed by atoms with Crippen LogP contribution in [0.25, 0.3) is 6.08 Å². The van der Waals surface area contributed by atoms with Crippen LogP contribution in [0.15, 0.2) is 66.7 Å². The molecule has 0 amide bonds. The number of hydrogen-bond acceptors (Lipinski definition) is 7. The summed E-state index contributed by atoms with van der Waals surface area (Å²) in [5.74, 6) is 0.945. The van der Waals surface area contributed by atoms with Crippen LogP contribution in [0.2, 0.25) is 0 Å². The fourth-order valence-corrected chi connectivity index (χ4v) is 5.10. The number of morpholine rings is 1. The van der Waals surface area contributed by atoms with Crippen molar-refractivity contribution in [3.8, 4) is 0 Å². The van der Waals surface area contributed by atoms with Gasteiger partial charge in [0.15, 0.2) is 5.82 Å². The van der Waals surface area contributed by atoms with E-state index in [9.17, 15) is 0 Å².